The molecule has 0 unspecified atom stereocenters. The first-order valence-electron chi connectivity index (χ1n) is 9.15. The van der Waals surface area contributed by atoms with Gasteiger partial charge in [-0.2, -0.15) is 11.3 Å². The van der Waals surface area contributed by atoms with Gasteiger partial charge in [-0.15, -0.1) is 0 Å². The molecule has 4 nitrogen and oxygen atoms in total. The van der Waals surface area contributed by atoms with E-state index in [1.807, 2.05) is 66.2 Å². The number of nitrogens with one attached hydrogen (secondary N) is 1. The van der Waals surface area contributed by atoms with Gasteiger partial charge in [0.15, 0.2) is 0 Å². The van der Waals surface area contributed by atoms with Crippen LogP contribution in [-0.2, 0) is 16.6 Å². The van der Waals surface area contributed by atoms with E-state index in [-0.39, 0.29) is 11.4 Å². The molecule has 0 saturated carbocycles. The van der Waals surface area contributed by atoms with Gasteiger partial charge in [0.05, 0.1) is 10.6 Å². The predicted molar refractivity (Wildman–Crippen MR) is 118 cm³/mol. The van der Waals surface area contributed by atoms with Crippen molar-refractivity contribution in [1.82, 2.24) is 9.71 Å². The molecule has 0 saturated heterocycles. The highest BCUT2D eigenvalue weighted by Crippen LogP contribution is 2.23. The number of thiophene rings is 1. The summed E-state index contributed by atoms with van der Waals surface area (Å²) >= 11 is 1.60. The van der Waals surface area contributed by atoms with Crippen LogP contribution in [0.4, 0.5) is 0 Å². The Labute approximate surface area is 175 Å². The molecule has 0 aliphatic rings. The van der Waals surface area contributed by atoms with Gasteiger partial charge in [-0.05, 0) is 59.3 Å². The van der Waals surface area contributed by atoms with Crippen molar-refractivity contribution < 1.29 is 8.42 Å². The zero-order chi connectivity index (χ0) is 20.3. The fourth-order valence-electron chi connectivity index (χ4n) is 3.07. The van der Waals surface area contributed by atoms with Crippen LogP contribution in [0.5, 0.6) is 0 Å². The van der Waals surface area contributed by atoms with Crippen LogP contribution in [0.25, 0.3) is 22.4 Å². The topological polar surface area (TPSA) is 59.1 Å². The van der Waals surface area contributed by atoms with Crippen molar-refractivity contribution in [2.75, 3.05) is 0 Å². The number of benzene rings is 2. The zero-order valence-electron chi connectivity index (χ0n) is 15.9. The van der Waals surface area contributed by atoms with E-state index in [4.69, 9.17) is 0 Å². The molecule has 0 spiro atoms. The maximum absolute atomic E-state index is 12.7. The van der Waals surface area contributed by atoms with Crippen molar-refractivity contribution in [1.29, 1.82) is 0 Å². The summed E-state index contributed by atoms with van der Waals surface area (Å²) in [7, 11) is -3.60. The van der Waals surface area contributed by atoms with Crippen LogP contribution < -0.4 is 4.72 Å². The molecule has 0 aliphatic heterocycles. The lowest BCUT2D eigenvalue weighted by Gasteiger charge is -2.09. The van der Waals surface area contributed by atoms with Crippen LogP contribution in [0.2, 0.25) is 0 Å². The maximum Gasteiger partial charge on any atom is 0.240 e. The first-order valence-corrected chi connectivity index (χ1v) is 11.6. The Hall–Kier alpha value is -2.80. The minimum Gasteiger partial charge on any atom is -0.256 e. The van der Waals surface area contributed by atoms with E-state index in [0.717, 1.165) is 27.9 Å². The average Bonchev–Trinajstić information content (AvgIpc) is 3.28. The van der Waals surface area contributed by atoms with Gasteiger partial charge in [0.25, 0.3) is 0 Å². The molecule has 0 aliphatic carbocycles. The molecule has 4 aromatic rings. The van der Waals surface area contributed by atoms with Crippen molar-refractivity contribution in [3.8, 4) is 22.4 Å². The Morgan fingerprint density at radius 1 is 0.931 bits per heavy atom. The normalized spacial score (nSPS) is 11.5. The Kier molecular flexibility index (Phi) is 5.58. The van der Waals surface area contributed by atoms with E-state index < -0.39 is 10.0 Å². The SMILES string of the molecule is Cc1cccc(-c2ccc(S(=O)(=O)NCc3ccnc(-c4ccsc4)c3)cc2)c1. The third-order valence-electron chi connectivity index (χ3n) is 4.62. The van der Waals surface area contributed by atoms with Gasteiger partial charge in [0.2, 0.25) is 10.0 Å². The average molecular weight is 421 g/mol. The fraction of sp³-hybridized carbons (Fsp3) is 0.0870. The van der Waals surface area contributed by atoms with E-state index in [9.17, 15) is 8.42 Å². The van der Waals surface area contributed by atoms with Crippen molar-refractivity contribution in [2.24, 2.45) is 0 Å². The van der Waals surface area contributed by atoms with E-state index in [1.54, 1.807) is 29.7 Å². The highest BCUT2D eigenvalue weighted by Gasteiger charge is 2.14. The summed E-state index contributed by atoms with van der Waals surface area (Å²) in [6.07, 6.45) is 1.70. The molecule has 6 heteroatoms. The number of hydrogen-bond acceptors (Lipinski definition) is 4. The number of rotatable bonds is 6. The molecular weight excluding hydrogens is 400 g/mol. The zero-order valence-corrected chi connectivity index (χ0v) is 17.5. The van der Waals surface area contributed by atoms with Gasteiger partial charge in [-0.25, -0.2) is 13.1 Å². The van der Waals surface area contributed by atoms with E-state index >= 15 is 0 Å². The minimum atomic E-state index is -3.60. The molecule has 29 heavy (non-hydrogen) atoms. The van der Waals surface area contributed by atoms with E-state index in [1.165, 1.54) is 5.56 Å². The lowest BCUT2D eigenvalue weighted by atomic mass is 10.0. The highest BCUT2D eigenvalue weighted by molar-refractivity contribution is 7.89. The standard InChI is InChI=1S/C23H20N2O2S2/c1-17-3-2-4-20(13-17)19-5-7-22(8-6-19)29(26,27)25-15-18-9-11-24-23(14-18)21-10-12-28-16-21/h2-14,16,25H,15H2,1H3. The van der Waals surface area contributed by atoms with Gasteiger partial charge >= 0.3 is 0 Å². The first-order chi connectivity index (χ1) is 14.0. The first kappa shape index (κ1) is 19.5. The summed E-state index contributed by atoms with van der Waals surface area (Å²) in [5.74, 6) is 0. The predicted octanol–water partition coefficient (Wildman–Crippen LogP) is 5.26. The molecule has 0 atom stereocenters. The van der Waals surface area contributed by atoms with Gasteiger partial charge in [0, 0.05) is 23.7 Å². The van der Waals surface area contributed by atoms with Gasteiger partial charge < -0.3 is 0 Å². The second kappa shape index (κ2) is 8.29. The molecule has 1 N–H and O–H groups in total. The Balaban J connectivity index is 1.48. The Morgan fingerprint density at radius 2 is 1.76 bits per heavy atom. The number of hydrogen-bond donors (Lipinski definition) is 1. The quantitative estimate of drug-likeness (QED) is 0.463. The summed E-state index contributed by atoms with van der Waals surface area (Å²) in [4.78, 5) is 4.61. The molecule has 146 valence electrons. The maximum atomic E-state index is 12.7. The van der Waals surface area contributed by atoms with Crippen molar-refractivity contribution in [3.63, 3.8) is 0 Å². The lowest BCUT2D eigenvalue weighted by Crippen LogP contribution is -2.23. The van der Waals surface area contributed by atoms with Gasteiger partial charge in [-0.3, -0.25) is 4.98 Å². The highest BCUT2D eigenvalue weighted by atomic mass is 32.2. The molecular formula is C23H20N2O2S2. The second-order valence-electron chi connectivity index (χ2n) is 6.78. The third kappa shape index (κ3) is 4.62. The minimum absolute atomic E-state index is 0.210. The number of pyridine rings is 1. The lowest BCUT2D eigenvalue weighted by molar-refractivity contribution is 0.581. The monoisotopic (exact) mass is 420 g/mol. The van der Waals surface area contributed by atoms with Crippen molar-refractivity contribution in [2.45, 2.75) is 18.4 Å². The van der Waals surface area contributed by atoms with Crippen molar-refractivity contribution in [3.05, 3.63) is 94.8 Å². The van der Waals surface area contributed by atoms with Crippen LogP contribution >= 0.6 is 11.3 Å². The Morgan fingerprint density at radius 3 is 2.48 bits per heavy atom. The van der Waals surface area contributed by atoms with Crippen LogP contribution in [-0.4, -0.2) is 13.4 Å². The molecule has 0 fully saturated rings. The largest absolute Gasteiger partial charge is 0.256 e. The van der Waals surface area contributed by atoms with Crippen LogP contribution in [0.3, 0.4) is 0 Å². The molecule has 0 amide bonds. The van der Waals surface area contributed by atoms with Crippen LogP contribution in [0, 0.1) is 6.92 Å². The number of aromatic nitrogens is 1. The summed E-state index contributed by atoms with van der Waals surface area (Å²) in [5.41, 5.74) is 5.96. The summed E-state index contributed by atoms with van der Waals surface area (Å²) in [6, 6.07) is 20.8. The summed E-state index contributed by atoms with van der Waals surface area (Å²) in [5, 5.41) is 4.01. The third-order valence-corrected chi connectivity index (χ3v) is 6.72. The van der Waals surface area contributed by atoms with E-state index in [2.05, 4.69) is 15.8 Å². The molecule has 2 heterocycles. The summed E-state index contributed by atoms with van der Waals surface area (Å²) < 4.78 is 28.1. The molecule has 2 aromatic heterocycles. The van der Waals surface area contributed by atoms with Crippen molar-refractivity contribution >= 4 is 21.4 Å². The number of nitrogens with zero attached hydrogens (tertiary/aromatic N) is 1. The molecule has 0 bridgehead atoms. The second-order valence-corrected chi connectivity index (χ2v) is 9.33. The van der Waals surface area contributed by atoms with Gasteiger partial charge in [0.1, 0.15) is 0 Å². The number of sulfonamides is 1. The summed E-state index contributed by atoms with van der Waals surface area (Å²) in [6.45, 7) is 2.25. The number of aryl methyl sites for hydroxylation is 1. The molecule has 0 radical (unpaired) electrons. The fourth-order valence-corrected chi connectivity index (χ4v) is 4.73. The van der Waals surface area contributed by atoms with E-state index in [0.29, 0.717) is 0 Å². The van der Waals surface area contributed by atoms with Crippen LogP contribution in [0.1, 0.15) is 11.1 Å². The van der Waals surface area contributed by atoms with Gasteiger partial charge in [-0.1, -0.05) is 42.0 Å². The Bertz CT molecular complexity index is 1220. The van der Waals surface area contributed by atoms with Crippen LogP contribution in [0.15, 0.2) is 88.6 Å². The smallest absolute Gasteiger partial charge is 0.240 e. The molecule has 4 rings (SSSR count). The molecule has 2 aromatic carbocycles.